The Hall–Kier alpha value is -0.0800. The summed E-state index contributed by atoms with van der Waals surface area (Å²) in [4.78, 5) is 7.29. The van der Waals surface area contributed by atoms with E-state index < -0.39 is 0 Å². The molecule has 2 heterocycles. The zero-order valence-electron chi connectivity index (χ0n) is 14.3. The van der Waals surface area contributed by atoms with Gasteiger partial charge in [-0.15, -0.1) is 24.0 Å². The molecule has 0 radical (unpaired) electrons. The molecule has 5 nitrogen and oxygen atoms in total. The van der Waals surface area contributed by atoms with Gasteiger partial charge < -0.3 is 19.7 Å². The topological polar surface area (TPSA) is 46.1 Å². The lowest BCUT2D eigenvalue weighted by atomic mass is 9.94. The number of nitrogens with zero attached hydrogens (tertiary/aromatic N) is 2. The third-order valence-corrected chi connectivity index (χ3v) is 4.65. The zero-order valence-corrected chi connectivity index (χ0v) is 16.6. The molecule has 1 atom stereocenters. The Morgan fingerprint density at radius 3 is 2.73 bits per heavy atom. The zero-order chi connectivity index (χ0) is 15.1. The maximum atomic E-state index is 5.78. The highest BCUT2D eigenvalue weighted by Crippen LogP contribution is 2.25. The molecule has 2 fully saturated rings. The molecular weight excluding hydrogens is 393 g/mol. The highest BCUT2D eigenvalue weighted by molar-refractivity contribution is 14.0. The fraction of sp³-hybridized carbons (Fsp3) is 0.938. The van der Waals surface area contributed by atoms with Crippen molar-refractivity contribution in [3.8, 4) is 0 Å². The first-order valence-electron chi connectivity index (χ1n) is 8.35. The molecule has 2 saturated heterocycles. The van der Waals surface area contributed by atoms with Crippen molar-refractivity contribution in [3.63, 3.8) is 0 Å². The van der Waals surface area contributed by atoms with Gasteiger partial charge in [0.25, 0.3) is 0 Å². The van der Waals surface area contributed by atoms with Gasteiger partial charge in [0.2, 0.25) is 0 Å². The molecule has 22 heavy (non-hydrogen) atoms. The fourth-order valence-electron chi connectivity index (χ4n) is 3.20. The molecule has 2 aliphatic heterocycles. The Morgan fingerprint density at radius 2 is 2.14 bits per heavy atom. The lowest BCUT2D eigenvalue weighted by Gasteiger charge is -2.36. The van der Waals surface area contributed by atoms with Gasteiger partial charge in [-0.25, -0.2) is 0 Å². The molecule has 0 aromatic heterocycles. The molecule has 0 saturated carbocycles. The number of hydrogen-bond donors (Lipinski definition) is 1. The van der Waals surface area contributed by atoms with Crippen LogP contribution in [-0.2, 0) is 9.47 Å². The number of hydrogen-bond acceptors (Lipinski definition) is 3. The first-order chi connectivity index (χ1) is 10.2. The van der Waals surface area contributed by atoms with Gasteiger partial charge in [-0.3, -0.25) is 4.99 Å². The highest BCUT2D eigenvalue weighted by Gasteiger charge is 2.32. The van der Waals surface area contributed by atoms with Gasteiger partial charge in [-0.2, -0.15) is 0 Å². The van der Waals surface area contributed by atoms with Crippen molar-refractivity contribution in [1.82, 2.24) is 10.2 Å². The maximum absolute atomic E-state index is 5.78. The Bertz CT molecular complexity index is 346. The third kappa shape index (κ3) is 5.53. The number of guanidine groups is 1. The second kappa shape index (κ2) is 9.93. The minimum Gasteiger partial charge on any atom is -0.381 e. The maximum Gasteiger partial charge on any atom is 0.194 e. The van der Waals surface area contributed by atoms with Crippen LogP contribution in [0.2, 0.25) is 0 Å². The molecular formula is C16H32IN3O2. The largest absolute Gasteiger partial charge is 0.381 e. The summed E-state index contributed by atoms with van der Waals surface area (Å²) in [6, 6.07) is 0. The van der Waals surface area contributed by atoms with E-state index in [1.807, 2.05) is 0 Å². The predicted octanol–water partition coefficient (Wildman–Crippen LogP) is 2.50. The second-order valence-corrected chi connectivity index (χ2v) is 6.36. The van der Waals surface area contributed by atoms with E-state index in [1.54, 1.807) is 7.11 Å². The summed E-state index contributed by atoms with van der Waals surface area (Å²) in [7, 11) is 1.80. The van der Waals surface area contributed by atoms with E-state index in [0.29, 0.717) is 0 Å². The van der Waals surface area contributed by atoms with Crippen LogP contribution in [0.5, 0.6) is 0 Å². The third-order valence-electron chi connectivity index (χ3n) is 4.65. The Labute approximate surface area is 152 Å². The minimum absolute atomic E-state index is 0. The smallest absolute Gasteiger partial charge is 0.194 e. The van der Waals surface area contributed by atoms with Crippen molar-refractivity contribution < 1.29 is 9.47 Å². The summed E-state index contributed by atoms with van der Waals surface area (Å²) in [5.74, 6) is 1.80. The molecule has 0 aliphatic carbocycles. The van der Waals surface area contributed by atoms with Crippen LogP contribution in [0, 0.1) is 5.92 Å². The van der Waals surface area contributed by atoms with Gasteiger partial charge in [0.15, 0.2) is 5.96 Å². The Kier molecular flexibility index (Phi) is 9.01. The quantitative estimate of drug-likeness (QED) is 0.427. The van der Waals surface area contributed by atoms with Gasteiger partial charge in [-0.1, -0.05) is 6.92 Å². The second-order valence-electron chi connectivity index (χ2n) is 6.36. The van der Waals surface area contributed by atoms with Crippen LogP contribution < -0.4 is 5.32 Å². The number of likely N-dealkylation sites (tertiary alicyclic amines) is 1. The van der Waals surface area contributed by atoms with Crippen molar-refractivity contribution >= 4 is 29.9 Å². The molecule has 0 aromatic carbocycles. The number of halogens is 1. The van der Waals surface area contributed by atoms with Crippen LogP contribution in [0.3, 0.4) is 0 Å². The van der Waals surface area contributed by atoms with E-state index in [0.717, 1.165) is 64.1 Å². The summed E-state index contributed by atoms with van der Waals surface area (Å²) >= 11 is 0. The summed E-state index contributed by atoms with van der Waals surface area (Å²) < 4.78 is 11.2. The number of rotatable bonds is 4. The predicted molar refractivity (Wildman–Crippen MR) is 101 cm³/mol. The number of piperidine rings is 1. The van der Waals surface area contributed by atoms with Crippen LogP contribution in [-0.4, -0.2) is 63.0 Å². The van der Waals surface area contributed by atoms with Crippen molar-refractivity contribution in [2.24, 2.45) is 10.9 Å². The molecule has 0 amide bonds. The van der Waals surface area contributed by atoms with Crippen molar-refractivity contribution in [3.05, 3.63) is 0 Å². The van der Waals surface area contributed by atoms with E-state index in [4.69, 9.17) is 14.5 Å². The average Bonchev–Trinajstić information content (AvgIpc) is 2.52. The summed E-state index contributed by atoms with van der Waals surface area (Å²) in [5, 5.41) is 3.44. The number of nitrogens with one attached hydrogen (secondary N) is 1. The molecule has 6 heteroatoms. The van der Waals surface area contributed by atoms with E-state index in [1.165, 1.54) is 12.8 Å². The standard InChI is InChI=1S/C16H31N3O2.HI/c1-4-17-15(19-9-5-6-14(2)12-19)18-13-16(20-3)7-10-21-11-8-16;/h14H,4-13H2,1-3H3,(H,17,18);1H. The lowest BCUT2D eigenvalue weighted by molar-refractivity contribution is -0.0829. The first kappa shape index (κ1) is 20.0. The number of ether oxygens (including phenoxy) is 2. The van der Waals surface area contributed by atoms with Gasteiger partial charge in [-0.05, 0) is 25.7 Å². The molecule has 130 valence electrons. The minimum atomic E-state index is -0.139. The molecule has 0 spiro atoms. The van der Waals surface area contributed by atoms with Crippen LogP contribution >= 0.6 is 24.0 Å². The highest BCUT2D eigenvalue weighted by atomic mass is 127. The molecule has 2 aliphatic rings. The Morgan fingerprint density at radius 1 is 1.41 bits per heavy atom. The van der Waals surface area contributed by atoms with Gasteiger partial charge in [0, 0.05) is 52.8 Å². The molecule has 0 bridgehead atoms. The molecule has 0 aromatic rings. The summed E-state index contributed by atoms with van der Waals surface area (Å²) in [6.07, 6.45) is 4.45. The monoisotopic (exact) mass is 425 g/mol. The van der Waals surface area contributed by atoms with Gasteiger partial charge in [0.05, 0.1) is 12.1 Å². The normalized spacial score (nSPS) is 25.5. The number of aliphatic imine (C=N–C) groups is 1. The van der Waals surface area contributed by atoms with Crippen LogP contribution in [0.1, 0.15) is 39.5 Å². The van der Waals surface area contributed by atoms with Gasteiger partial charge in [0.1, 0.15) is 0 Å². The van der Waals surface area contributed by atoms with Crippen LogP contribution in [0.25, 0.3) is 0 Å². The van der Waals surface area contributed by atoms with E-state index in [-0.39, 0.29) is 29.6 Å². The molecule has 1 N–H and O–H groups in total. The summed E-state index contributed by atoms with van der Waals surface area (Å²) in [5.41, 5.74) is -0.139. The SMILES string of the molecule is CCNC(=NCC1(OC)CCOCC1)N1CCCC(C)C1.I. The lowest BCUT2D eigenvalue weighted by Crippen LogP contribution is -2.48. The van der Waals surface area contributed by atoms with Crippen LogP contribution in [0.15, 0.2) is 4.99 Å². The first-order valence-corrected chi connectivity index (χ1v) is 8.35. The van der Waals surface area contributed by atoms with Crippen molar-refractivity contribution in [2.75, 3.05) is 46.5 Å². The molecule has 2 rings (SSSR count). The van der Waals surface area contributed by atoms with Crippen molar-refractivity contribution in [2.45, 2.75) is 45.1 Å². The van der Waals surface area contributed by atoms with E-state index >= 15 is 0 Å². The Balaban J connectivity index is 0.00000242. The van der Waals surface area contributed by atoms with Gasteiger partial charge >= 0.3 is 0 Å². The fourth-order valence-corrected chi connectivity index (χ4v) is 3.20. The number of methoxy groups -OCH3 is 1. The summed E-state index contributed by atoms with van der Waals surface area (Å²) in [6.45, 7) is 9.86. The van der Waals surface area contributed by atoms with Crippen LogP contribution in [0.4, 0.5) is 0 Å². The molecule has 1 unspecified atom stereocenters. The average molecular weight is 425 g/mol. The van der Waals surface area contributed by atoms with Crippen molar-refractivity contribution in [1.29, 1.82) is 0 Å². The van der Waals surface area contributed by atoms with E-state index in [9.17, 15) is 0 Å². The van der Waals surface area contributed by atoms with E-state index in [2.05, 4.69) is 24.1 Å².